The average molecular weight is 284 g/mol. The van der Waals surface area contributed by atoms with Crippen LogP contribution in [0.15, 0.2) is 24.5 Å². The second-order valence-electron chi connectivity index (χ2n) is 4.98. The van der Waals surface area contributed by atoms with Crippen LogP contribution >= 0.6 is 0 Å². The van der Waals surface area contributed by atoms with Crippen LogP contribution in [-0.2, 0) is 0 Å². The molecule has 20 heavy (non-hydrogen) atoms. The van der Waals surface area contributed by atoms with Crippen molar-refractivity contribution in [3.05, 3.63) is 24.5 Å². The number of piperazine rings is 1. The van der Waals surface area contributed by atoms with Gasteiger partial charge in [-0.05, 0) is 18.2 Å². The third-order valence-electron chi connectivity index (χ3n) is 3.54. The lowest BCUT2D eigenvalue weighted by Crippen LogP contribution is -2.49. The Kier molecular flexibility index (Phi) is 3.29. The van der Waals surface area contributed by atoms with Crippen molar-refractivity contribution in [2.45, 2.75) is 6.18 Å². The maximum absolute atomic E-state index is 12.3. The molecule has 0 spiro atoms. The van der Waals surface area contributed by atoms with Gasteiger partial charge in [0, 0.05) is 31.9 Å². The summed E-state index contributed by atoms with van der Waals surface area (Å²) < 4.78 is 37.0. The van der Waals surface area contributed by atoms with Crippen molar-refractivity contribution < 1.29 is 13.2 Å². The lowest BCUT2D eigenvalue weighted by molar-refractivity contribution is -0.146. The molecule has 3 rings (SSSR count). The number of H-pyrrole nitrogens is 1. The molecule has 1 N–H and O–H groups in total. The van der Waals surface area contributed by atoms with Crippen LogP contribution in [0.2, 0.25) is 0 Å². The molecule has 1 aromatic carbocycles. The Morgan fingerprint density at radius 2 is 1.90 bits per heavy atom. The summed E-state index contributed by atoms with van der Waals surface area (Å²) in [4.78, 5) is 10.7. The number of benzene rings is 1. The van der Waals surface area contributed by atoms with E-state index in [4.69, 9.17) is 0 Å². The second-order valence-corrected chi connectivity index (χ2v) is 4.98. The van der Waals surface area contributed by atoms with Crippen LogP contribution in [0.4, 0.5) is 18.9 Å². The predicted octanol–water partition coefficient (Wildman–Crippen LogP) is 2.25. The minimum absolute atomic E-state index is 0.431. The van der Waals surface area contributed by atoms with Crippen molar-refractivity contribution in [1.82, 2.24) is 14.9 Å². The first-order chi connectivity index (χ1) is 9.51. The van der Waals surface area contributed by atoms with Gasteiger partial charge in [0.15, 0.2) is 0 Å². The number of hydrogen-bond acceptors (Lipinski definition) is 3. The molecular formula is C13H15F3N4. The molecule has 1 fully saturated rings. The van der Waals surface area contributed by atoms with Crippen molar-refractivity contribution >= 4 is 16.7 Å². The third kappa shape index (κ3) is 2.87. The van der Waals surface area contributed by atoms with Gasteiger partial charge in [-0.15, -0.1) is 0 Å². The van der Waals surface area contributed by atoms with Gasteiger partial charge in [-0.3, -0.25) is 4.90 Å². The Hall–Kier alpha value is -1.76. The van der Waals surface area contributed by atoms with Crippen LogP contribution in [0.5, 0.6) is 0 Å². The minimum Gasteiger partial charge on any atom is -0.369 e. The monoisotopic (exact) mass is 284 g/mol. The van der Waals surface area contributed by atoms with E-state index in [9.17, 15) is 13.2 Å². The maximum Gasteiger partial charge on any atom is 0.401 e. The van der Waals surface area contributed by atoms with E-state index in [1.54, 1.807) is 6.33 Å². The number of anilines is 1. The highest BCUT2D eigenvalue weighted by Crippen LogP contribution is 2.22. The van der Waals surface area contributed by atoms with Gasteiger partial charge in [0.1, 0.15) is 0 Å². The SMILES string of the molecule is FC(F)(F)CN1CCN(c2ccc3nc[nH]c3c2)CC1. The van der Waals surface area contributed by atoms with Crippen molar-refractivity contribution in [2.75, 3.05) is 37.6 Å². The van der Waals surface area contributed by atoms with Crippen molar-refractivity contribution in [2.24, 2.45) is 0 Å². The zero-order valence-electron chi connectivity index (χ0n) is 10.8. The molecule has 7 heteroatoms. The Morgan fingerprint density at radius 1 is 1.15 bits per heavy atom. The van der Waals surface area contributed by atoms with E-state index in [1.165, 1.54) is 4.90 Å². The van der Waals surface area contributed by atoms with Crippen LogP contribution in [0.1, 0.15) is 0 Å². The molecule has 108 valence electrons. The molecule has 0 saturated carbocycles. The van der Waals surface area contributed by atoms with Gasteiger partial charge in [-0.25, -0.2) is 4.98 Å². The zero-order valence-corrected chi connectivity index (χ0v) is 10.8. The van der Waals surface area contributed by atoms with Gasteiger partial charge in [-0.1, -0.05) is 0 Å². The molecule has 4 nitrogen and oxygen atoms in total. The summed E-state index contributed by atoms with van der Waals surface area (Å²) >= 11 is 0. The zero-order chi connectivity index (χ0) is 14.2. The standard InChI is InChI=1S/C13H15F3N4/c14-13(15,16)8-19-3-5-20(6-4-19)10-1-2-11-12(7-10)18-9-17-11/h1-2,7,9H,3-6,8H2,(H,17,18). The highest BCUT2D eigenvalue weighted by Gasteiger charge is 2.32. The largest absolute Gasteiger partial charge is 0.401 e. The Bertz CT molecular complexity index is 585. The molecule has 1 saturated heterocycles. The smallest absolute Gasteiger partial charge is 0.369 e. The molecular weight excluding hydrogens is 269 g/mol. The Balaban J connectivity index is 1.65. The molecule has 0 bridgehead atoms. The van der Waals surface area contributed by atoms with Gasteiger partial charge >= 0.3 is 6.18 Å². The van der Waals surface area contributed by atoms with E-state index < -0.39 is 12.7 Å². The van der Waals surface area contributed by atoms with Crippen LogP contribution < -0.4 is 4.90 Å². The number of hydrogen-bond donors (Lipinski definition) is 1. The number of imidazole rings is 1. The lowest BCUT2D eigenvalue weighted by Gasteiger charge is -2.36. The number of nitrogens with zero attached hydrogens (tertiary/aromatic N) is 3. The van der Waals surface area contributed by atoms with E-state index in [0.29, 0.717) is 26.2 Å². The molecule has 2 heterocycles. The summed E-state index contributed by atoms with van der Waals surface area (Å²) in [6.07, 6.45) is -2.48. The summed E-state index contributed by atoms with van der Waals surface area (Å²) in [5.74, 6) is 0. The quantitative estimate of drug-likeness (QED) is 0.918. The third-order valence-corrected chi connectivity index (χ3v) is 3.54. The fourth-order valence-corrected chi connectivity index (χ4v) is 2.54. The first kappa shape index (κ1) is 13.2. The number of aromatic nitrogens is 2. The van der Waals surface area contributed by atoms with Crippen LogP contribution in [0, 0.1) is 0 Å². The van der Waals surface area contributed by atoms with Gasteiger partial charge in [0.2, 0.25) is 0 Å². The number of fused-ring (bicyclic) bond motifs is 1. The van der Waals surface area contributed by atoms with E-state index in [2.05, 4.69) is 14.9 Å². The predicted molar refractivity (Wildman–Crippen MR) is 70.8 cm³/mol. The van der Waals surface area contributed by atoms with Gasteiger partial charge in [0.25, 0.3) is 0 Å². The molecule has 0 radical (unpaired) electrons. The molecule has 0 amide bonds. The highest BCUT2D eigenvalue weighted by atomic mass is 19.4. The van der Waals surface area contributed by atoms with E-state index in [1.807, 2.05) is 18.2 Å². The summed E-state index contributed by atoms with van der Waals surface area (Å²) in [6.45, 7) is 1.26. The van der Waals surface area contributed by atoms with Crippen LogP contribution in [-0.4, -0.2) is 53.8 Å². The molecule has 1 aromatic heterocycles. The van der Waals surface area contributed by atoms with E-state index >= 15 is 0 Å². The number of halogens is 3. The number of rotatable bonds is 2. The summed E-state index contributed by atoms with van der Waals surface area (Å²) in [5.41, 5.74) is 2.86. The van der Waals surface area contributed by atoms with Gasteiger partial charge in [-0.2, -0.15) is 13.2 Å². The van der Waals surface area contributed by atoms with Gasteiger partial charge < -0.3 is 9.88 Å². The highest BCUT2D eigenvalue weighted by molar-refractivity contribution is 5.79. The maximum atomic E-state index is 12.3. The molecule has 0 aliphatic carbocycles. The fraction of sp³-hybridized carbons (Fsp3) is 0.462. The van der Waals surface area contributed by atoms with Crippen molar-refractivity contribution in [1.29, 1.82) is 0 Å². The average Bonchev–Trinajstić information content (AvgIpc) is 2.85. The topological polar surface area (TPSA) is 35.2 Å². The summed E-state index contributed by atoms with van der Waals surface area (Å²) in [7, 11) is 0. The molecule has 1 aliphatic heterocycles. The van der Waals surface area contributed by atoms with E-state index in [-0.39, 0.29) is 0 Å². The first-order valence-corrected chi connectivity index (χ1v) is 6.48. The second kappa shape index (κ2) is 4.97. The van der Waals surface area contributed by atoms with Crippen LogP contribution in [0.25, 0.3) is 11.0 Å². The fourth-order valence-electron chi connectivity index (χ4n) is 2.54. The van der Waals surface area contributed by atoms with Gasteiger partial charge in [0.05, 0.1) is 23.9 Å². The van der Waals surface area contributed by atoms with E-state index in [0.717, 1.165) is 16.7 Å². The van der Waals surface area contributed by atoms with Crippen molar-refractivity contribution in [3.63, 3.8) is 0 Å². The van der Waals surface area contributed by atoms with Crippen LogP contribution in [0.3, 0.4) is 0 Å². The molecule has 0 unspecified atom stereocenters. The summed E-state index contributed by atoms with van der Waals surface area (Å²) in [5, 5.41) is 0. The Morgan fingerprint density at radius 3 is 2.60 bits per heavy atom. The lowest BCUT2D eigenvalue weighted by atomic mass is 10.2. The summed E-state index contributed by atoms with van der Waals surface area (Å²) in [6, 6.07) is 5.87. The first-order valence-electron chi connectivity index (χ1n) is 6.48. The Labute approximate surface area is 114 Å². The number of nitrogens with one attached hydrogen (secondary N) is 1. The van der Waals surface area contributed by atoms with Crippen molar-refractivity contribution in [3.8, 4) is 0 Å². The minimum atomic E-state index is -4.11. The molecule has 1 aliphatic rings. The normalized spacial score (nSPS) is 17.9. The molecule has 2 aromatic rings. The number of aromatic amines is 1. The number of alkyl halides is 3. The molecule has 0 atom stereocenters.